The summed E-state index contributed by atoms with van der Waals surface area (Å²) in [5.74, 6) is 0.786. The monoisotopic (exact) mass is 333 g/mol. The van der Waals surface area contributed by atoms with E-state index in [1.54, 1.807) is 0 Å². The normalized spacial score (nSPS) is 11.2. The smallest absolute Gasteiger partial charge is 0.323 e. The maximum atomic E-state index is 11.8. The largest absolute Gasteiger partial charge is 0.473 e. The van der Waals surface area contributed by atoms with Crippen LogP contribution in [-0.2, 0) is 5.41 Å². The highest BCUT2D eigenvalue weighted by Gasteiger charge is 2.19. The Morgan fingerprint density at radius 2 is 2.04 bits per heavy atom. The molecule has 0 aliphatic rings. The number of thiazole rings is 1. The van der Waals surface area contributed by atoms with E-state index in [0.29, 0.717) is 5.13 Å². The second kappa shape index (κ2) is 7.00. The van der Waals surface area contributed by atoms with E-state index in [2.05, 4.69) is 49.4 Å². The van der Waals surface area contributed by atoms with E-state index in [-0.39, 0.29) is 18.2 Å². The zero-order valence-electron chi connectivity index (χ0n) is 14.2. The topological polar surface area (TPSA) is 63.2 Å². The van der Waals surface area contributed by atoms with Crippen molar-refractivity contribution >= 4 is 22.5 Å². The Morgan fingerprint density at radius 3 is 2.65 bits per heavy atom. The number of ether oxygens (including phenoxy) is 1. The van der Waals surface area contributed by atoms with Gasteiger partial charge in [0.1, 0.15) is 5.75 Å². The van der Waals surface area contributed by atoms with Gasteiger partial charge in [0, 0.05) is 5.38 Å². The molecule has 0 atom stereocenters. The third kappa shape index (κ3) is 4.96. The van der Waals surface area contributed by atoms with E-state index < -0.39 is 0 Å². The molecule has 0 saturated heterocycles. The number of urea groups is 1. The lowest BCUT2D eigenvalue weighted by Crippen LogP contribution is -2.32. The first kappa shape index (κ1) is 17.3. The number of nitrogens with zero attached hydrogens (tertiary/aromatic N) is 1. The third-order valence-corrected chi connectivity index (χ3v) is 4.12. The van der Waals surface area contributed by atoms with Gasteiger partial charge in [-0.3, -0.25) is 5.32 Å². The summed E-state index contributed by atoms with van der Waals surface area (Å²) in [7, 11) is 0. The molecule has 0 radical (unpaired) electrons. The van der Waals surface area contributed by atoms with Crippen molar-refractivity contribution in [2.45, 2.75) is 40.0 Å². The minimum atomic E-state index is -0.330. The van der Waals surface area contributed by atoms with Crippen LogP contribution >= 0.6 is 11.3 Å². The number of amides is 2. The molecule has 23 heavy (non-hydrogen) atoms. The minimum Gasteiger partial charge on any atom is -0.473 e. The summed E-state index contributed by atoms with van der Waals surface area (Å²) in [6.07, 6.45) is 0. The Labute approximate surface area is 141 Å². The fourth-order valence-electron chi connectivity index (χ4n) is 2.09. The molecule has 1 aromatic heterocycles. The number of aromatic nitrogens is 1. The van der Waals surface area contributed by atoms with E-state index >= 15 is 0 Å². The van der Waals surface area contributed by atoms with Gasteiger partial charge >= 0.3 is 6.03 Å². The number of aryl methyl sites for hydroxylation is 2. The van der Waals surface area contributed by atoms with Crippen molar-refractivity contribution in [1.82, 2.24) is 10.3 Å². The van der Waals surface area contributed by atoms with Gasteiger partial charge in [-0.2, -0.15) is 0 Å². The number of rotatable bonds is 4. The SMILES string of the molecule is Cc1ccc(OCNC(=O)Nc2nc(C)cs2)c(C(C)(C)C)c1. The van der Waals surface area contributed by atoms with Crippen molar-refractivity contribution in [1.29, 1.82) is 0 Å². The number of hydrogen-bond donors (Lipinski definition) is 2. The summed E-state index contributed by atoms with van der Waals surface area (Å²) in [5, 5.41) is 7.81. The molecular formula is C17H23N3O2S. The van der Waals surface area contributed by atoms with Crippen LogP contribution < -0.4 is 15.4 Å². The van der Waals surface area contributed by atoms with Crippen LogP contribution in [0.4, 0.5) is 9.93 Å². The zero-order chi connectivity index (χ0) is 17.0. The Morgan fingerprint density at radius 1 is 1.30 bits per heavy atom. The van der Waals surface area contributed by atoms with Crippen LogP contribution in [0.2, 0.25) is 0 Å². The number of hydrogen-bond acceptors (Lipinski definition) is 4. The first-order chi connectivity index (χ1) is 10.8. The Balaban J connectivity index is 1.92. The molecular weight excluding hydrogens is 310 g/mol. The van der Waals surface area contributed by atoms with E-state index in [4.69, 9.17) is 4.74 Å². The highest BCUT2D eigenvalue weighted by atomic mass is 32.1. The molecule has 0 bridgehead atoms. The second-order valence-corrected chi connectivity index (χ2v) is 7.32. The number of anilines is 1. The molecule has 2 N–H and O–H groups in total. The fourth-order valence-corrected chi connectivity index (χ4v) is 2.77. The van der Waals surface area contributed by atoms with Gasteiger partial charge in [0.05, 0.1) is 5.69 Å². The molecule has 0 fully saturated rings. The van der Waals surface area contributed by atoms with Crippen LogP contribution in [0.15, 0.2) is 23.6 Å². The van der Waals surface area contributed by atoms with Crippen molar-refractivity contribution in [3.05, 3.63) is 40.4 Å². The van der Waals surface area contributed by atoms with Crippen molar-refractivity contribution in [3.63, 3.8) is 0 Å². The molecule has 0 aliphatic heterocycles. The van der Waals surface area contributed by atoms with Gasteiger partial charge in [-0.15, -0.1) is 11.3 Å². The van der Waals surface area contributed by atoms with Crippen molar-refractivity contribution in [3.8, 4) is 5.75 Å². The molecule has 1 heterocycles. The number of benzene rings is 1. The summed E-state index contributed by atoms with van der Waals surface area (Å²) in [6.45, 7) is 10.5. The number of carbonyl (C=O) groups is 1. The maximum absolute atomic E-state index is 11.8. The van der Waals surface area contributed by atoms with Gasteiger partial charge in [-0.1, -0.05) is 38.5 Å². The molecule has 0 spiro atoms. The van der Waals surface area contributed by atoms with E-state index in [9.17, 15) is 4.79 Å². The van der Waals surface area contributed by atoms with Gasteiger partial charge in [0.25, 0.3) is 0 Å². The lowest BCUT2D eigenvalue weighted by atomic mass is 9.85. The molecule has 0 aliphatic carbocycles. The molecule has 2 rings (SSSR count). The van der Waals surface area contributed by atoms with Crippen molar-refractivity contribution in [2.24, 2.45) is 0 Å². The first-order valence-corrected chi connectivity index (χ1v) is 8.34. The number of carbonyl (C=O) groups excluding carboxylic acids is 1. The summed E-state index contributed by atoms with van der Waals surface area (Å²) in [4.78, 5) is 16.0. The van der Waals surface area contributed by atoms with Crippen LogP contribution in [0.5, 0.6) is 5.75 Å². The molecule has 124 valence electrons. The van der Waals surface area contributed by atoms with Gasteiger partial charge < -0.3 is 10.1 Å². The lowest BCUT2D eigenvalue weighted by molar-refractivity contribution is 0.233. The molecule has 2 amide bonds. The standard InChI is InChI=1S/C17H23N3O2S/c1-11-6-7-14(13(8-11)17(3,4)5)22-10-18-15(21)20-16-19-12(2)9-23-16/h6-9H,10H2,1-5H3,(H2,18,19,20,21). The predicted molar refractivity (Wildman–Crippen MR) is 94.4 cm³/mol. The summed E-state index contributed by atoms with van der Waals surface area (Å²) >= 11 is 1.39. The summed E-state index contributed by atoms with van der Waals surface area (Å²) in [5.41, 5.74) is 3.17. The average Bonchev–Trinajstić information content (AvgIpc) is 2.84. The highest BCUT2D eigenvalue weighted by Crippen LogP contribution is 2.31. The number of nitrogens with one attached hydrogen (secondary N) is 2. The molecule has 1 aromatic carbocycles. The maximum Gasteiger partial charge on any atom is 0.323 e. The van der Waals surface area contributed by atoms with E-state index in [0.717, 1.165) is 17.0 Å². The van der Waals surface area contributed by atoms with Crippen LogP contribution in [0.3, 0.4) is 0 Å². The molecule has 5 nitrogen and oxygen atoms in total. The predicted octanol–water partition coefficient (Wildman–Crippen LogP) is 4.22. The average molecular weight is 333 g/mol. The second-order valence-electron chi connectivity index (χ2n) is 6.46. The van der Waals surface area contributed by atoms with Gasteiger partial charge in [0.2, 0.25) is 0 Å². The molecule has 2 aromatic rings. The highest BCUT2D eigenvalue weighted by molar-refractivity contribution is 7.13. The molecule has 6 heteroatoms. The Bertz CT molecular complexity index is 689. The quantitative estimate of drug-likeness (QED) is 0.824. The van der Waals surface area contributed by atoms with Crippen LogP contribution in [0.1, 0.15) is 37.6 Å². The van der Waals surface area contributed by atoms with E-state index in [1.165, 1.54) is 16.9 Å². The Hall–Kier alpha value is -2.08. The fraction of sp³-hybridized carbons (Fsp3) is 0.412. The zero-order valence-corrected chi connectivity index (χ0v) is 15.0. The first-order valence-electron chi connectivity index (χ1n) is 7.46. The third-order valence-electron chi connectivity index (χ3n) is 3.24. The van der Waals surface area contributed by atoms with Crippen LogP contribution in [0.25, 0.3) is 0 Å². The van der Waals surface area contributed by atoms with Crippen LogP contribution in [-0.4, -0.2) is 17.7 Å². The van der Waals surface area contributed by atoms with Crippen molar-refractivity contribution < 1.29 is 9.53 Å². The lowest BCUT2D eigenvalue weighted by Gasteiger charge is -2.23. The van der Waals surface area contributed by atoms with E-state index in [1.807, 2.05) is 24.4 Å². The molecule has 0 unspecified atom stereocenters. The van der Waals surface area contributed by atoms with Crippen LogP contribution in [0, 0.1) is 13.8 Å². The summed E-state index contributed by atoms with van der Waals surface area (Å²) < 4.78 is 5.74. The minimum absolute atomic E-state index is 0.0258. The summed E-state index contributed by atoms with van der Waals surface area (Å²) in [6, 6.07) is 5.74. The Kier molecular flexibility index (Phi) is 5.26. The van der Waals surface area contributed by atoms with Gasteiger partial charge in [-0.25, -0.2) is 9.78 Å². The van der Waals surface area contributed by atoms with Crippen molar-refractivity contribution in [2.75, 3.05) is 12.0 Å². The van der Waals surface area contributed by atoms with Gasteiger partial charge in [0.15, 0.2) is 11.9 Å². The molecule has 0 saturated carbocycles. The van der Waals surface area contributed by atoms with Gasteiger partial charge in [-0.05, 0) is 30.9 Å².